The molecule has 2 aromatic rings. The molecule has 2 atom stereocenters. The van der Waals surface area contributed by atoms with Gasteiger partial charge in [0.25, 0.3) is 0 Å². The number of nitrogens with one attached hydrogen (secondary N) is 2. The Morgan fingerprint density at radius 2 is 2.25 bits per heavy atom. The number of aromatic nitrogens is 1. The average Bonchev–Trinajstić information content (AvgIpc) is 2.94. The predicted molar refractivity (Wildman–Crippen MR) is 102 cm³/mol. The molecule has 1 aromatic heterocycles. The van der Waals surface area contributed by atoms with Gasteiger partial charge in [-0.2, -0.15) is 5.10 Å². The van der Waals surface area contributed by atoms with Gasteiger partial charge in [-0.3, -0.25) is 10.2 Å². The van der Waals surface area contributed by atoms with Crippen LogP contribution in [0.25, 0.3) is 0 Å². The number of aromatic amines is 1. The van der Waals surface area contributed by atoms with Crippen LogP contribution in [0.3, 0.4) is 0 Å². The minimum Gasteiger partial charge on any atom is -0.497 e. The van der Waals surface area contributed by atoms with E-state index in [-0.39, 0.29) is 21.8 Å². The zero-order chi connectivity index (χ0) is 17.1. The SMILES string of the molecule is COc1ccc([C@@H]2c3sc(=O)[nH]c3SC[C@H]2/C=N\NC(N)=S)cc1. The van der Waals surface area contributed by atoms with Crippen LogP contribution in [0.5, 0.6) is 5.75 Å². The van der Waals surface area contributed by atoms with Gasteiger partial charge in [0.1, 0.15) is 5.75 Å². The fourth-order valence-corrected chi connectivity index (χ4v) is 5.07. The Balaban J connectivity index is 1.97. The van der Waals surface area contributed by atoms with Crippen molar-refractivity contribution in [2.45, 2.75) is 10.9 Å². The summed E-state index contributed by atoms with van der Waals surface area (Å²) in [6.45, 7) is 0. The van der Waals surface area contributed by atoms with E-state index < -0.39 is 0 Å². The van der Waals surface area contributed by atoms with Crippen LogP contribution in [0.4, 0.5) is 0 Å². The number of hydrazone groups is 1. The van der Waals surface area contributed by atoms with E-state index in [4.69, 9.17) is 22.7 Å². The highest BCUT2D eigenvalue weighted by molar-refractivity contribution is 7.99. The first-order chi connectivity index (χ1) is 11.6. The van der Waals surface area contributed by atoms with Crippen molar-refractivity contribution in [1.29, 1.82) is 0 Å². The fraction of sp³-hybridized carbons (Fsp3) is 0.267. The topological polar surface area (TPSA) is 92.5 Å². The number of nitrogens with zero attached hydrogens (tertiary/aromatic N) is 1. The lowest BCUT2D eigenvalue weighted by molar-refractivity contribution is 0.414. The molecule has 1 aliphatic rings. The van der Waals surface area contributed by atoms with Crippen LogP contribution in [-0.2, 0) is 0 Å². The molecule has 0 unspecified atom stereocenters. The van der Waals surface area contributed by atoms with E-state index in [0.717, 1.165) is 27.0 Å². The van der Waals surface area contributed by atoms with Crippen molar-refractivity contribution in [1.82, 2.24) is 10.4 Å². The second-order valence-corrected chi connectivity index (χ2v) is 7.67. The second-order valence-electron chi connectivity index (χ2n) is 5.19. The number of H-pyrrole nitrogens is 1. The smallest absolute Gasteiger partial charge is 0.305 e. The summed E-state index contributed by atoms with van der Waals surface area (Å²) in [5, 5.41) is 5.19. The molecule has 2 heterocycles. The van der Waals surface area contributed by atoms with Gasteiger partial charge in [0.2, 0.25) is 0 Å². The van der Waals surface area contributed by atoms with Crippen molar-refractivity contribution in [3.63, 3.8) is 0 Å². The van der Waals surface area contributed by atoms with Gasteiger partial charge in [0, 0.05) is 28.7 Å². The van der Waals surface area contributed by atoms with Crippen LogP contribution in [0, 0.1) is 5.92 Å². The summed E-state index contributed by atoms with van der Waals surface area (Å²) in [5.41, 5.74) is 9.11. The van der Waals surface area contributed by atoms with Crippen molar-refractivity contribution in [2.24, 2.45) is 16.8 Å². The Kier molecular flexibility index (Phi) is 5.22. The molecule has 0 aliphatic carbocycles. The number of ether oxygens (including phenoxy) is 1. The third-order valence-corrected chi connectivity index (χ3v) is 6.04. The highest BCUT2D eigenvalue weighted by Gasteiger charge is 2.33. The number of nitrogens with two attached hydrogens (primary N) is 1. The molecule has 1 aromatic carbocycles. The first-order valence-corrected chi connectivity index (χ1v) is 9.38. The van der Waals surface area contributed by atoms with E-state index >= 15 is 0 Å². The quantitative estimate of drug-likeness (QED) is 0.427. The molecule has 0 radical (unpaired) electrons. The van der Waals surface area contributed by atoms with Crippen molar-refractivity contribution in [3.8, 4) is 5.75 Å². The summed E-state index contributed by atoms with van der Waals surface area (Å²) >= 11 is 7.65. The highest BCUT2D eigenvalue weighted by Crippen LogP contribution is 2.44. The molecule has 3 rings (SSSR count). The van der Waals surface area contributed by atoms with Crippen LogP contribution in [0.2, 0.25) is 0 Å². The molecule has 4 N–H and O–H groups in total. The van der Waals surface area contributed by atoms with E-state index in [1.807, 2.05) is 30.5 Å². The van der Waals surface area contributed by atoms with E-state index in [0.29, 0.717) is 0 Å². The van der Waals surface area contributed by atoms with Crippen LogP contribution >= 0.6 is 35.3 Å². The van der Waals surface area contributed by atoms with Gasteiger partial charge in [-0.05, 0) is 29.9 Å². The molecule has 0 saturated carbocycles. The molecular formula is C15H16N4O2S3. The summed E-state index contributed by atoms with van der Waals surface area (Å²) < 4.78 is 5.23. The van der Waals surface area contributed by atoms with Crippen LogP contribution in [0.1, 0.15) is 16.4 Å². The monoisotopic (exact) mass is 380 g/mol. The summed E-state index contributed by atoms with van der Waals surface area (Å²) in [6, 6.07) is 7.89. The van der Waals surface area contributed by atoms with Crippen molar-refractivity contribution in [2.75, 3.05) is 12.9 Å². The lowest BCUT2D eigenvalue weighted by Gasteiger charge is -2.28. The summed E-state index contributed by atoms with van der Waals surface area (Å²) in [5.74, 6) is 1.77. The zero-order valence-corrected chi connectivity index (χ0v) is 15.3. The first kappa shape index (κ1) is 17.0. The average molecular weight is 381 g/mol. The molecule has 1 aliphatic heterocycles. The van der Waals surface area contributed by atoms with Gasteiger partial charge in [-0.1, -0.05) is 23.5 Å². The molecule has 0 saturated heterocycles. The van der Waals surface area contributed by atoms with E-state index in [9.17, 15) is 4.79 Å². The van der Waals surface area contributed by atoms with Gasteiger partial charge < -0.3 is 15.5 Å². The molecule has 0 amide bonds. The molecule has 9 heteroatoms. The van der Waals surface area contributed by atoms with E-state index in [2.05, 4.69) is 15.5 Å². The first-order valence-electron chi connectivity index (χ1n) is 7.17. The number of thiazole rings is 1. The second kappa shape index (κ2) is 7.37. The molecule has 0 fully saturated rings. The predicted octanol–water partition coefficient (Wildman–Crippen LogP) is 2.12. The van der Waals surface area contributed by atoms with E-state index in [1.54, 1.807) is 18.9 Å². The Morgan fingerprint density at radius 1 is 1.50 bits per heavy atom. The third kappa shape index (κ3) is 3.63. The number of thiocarbonyl (C=S) groups is 1. The van der Waals surface area contributed by atoms with Gasteiger partial charge in [0.05, 0.1) is 12.1 Å². The Morgan fingerprint density at radius 3 is 2.92 bits per heavy atom. The summed E-state index contributed by atoms with van der Waals surface area (Å²) in [4.78, 5) is 15.7. The normalized spacial score (nSPS) is 19.9. The number of methoxy groups -OCH3 is 1. The number of benzene rings is 1. The lowest BCUT2D eigenvalue weighted by Crippen LogP contribution is -2.27. The van der Waals surface area contributed by atoms with Crippen LogP contribution in [0.15, 0.2) is 39.2 Å². The third-order valence-electron chi connectivity index (χ3n) is 3.69. The zero-order valence-electron chi connectivity index (χ0n) is 12.8. The molecule has 6 nitrogen and oxygen atoms in total. The van der Waals surface area contributed by atoms with Crippen molar-refractivity contribution < 1.29 is 4.74 Å². The minimum atomic E-state index is -0.0372. The standard InChI is InChI=1S/C15H16N4O2S3/c1-21-10-4-2-8(3-5-10)11-9(6-17-19-14(16)22)7-23-13-12(11)24-15(20)18-13/h2-6,9,11H,7H2,1H3,(H,18,20)(H3,16,19,22)/b17-6-/t9-,11+/m1/s1. The highest BCUT2D eigenvalue weighted by atomic mass is 32.2. The molecule has 0 bridgehead atoms. The maximum Gasteiger partial charge on any atom is 0.305 e. The number of hydrogen-bond acceptors (Lipinski definition) is 6. The number of thioether (sulfide) groups is 1. The maximum atomic E-state index is 11.8. The van der Waals surface area contributed by atoms with Gasteiger partial charge in [-0.15, -0.1) is 11.8 Å². The largest absolute Gasteiger partial charge is 0.497 e. The van der Waals surface area contributed by atoms with Crippen LogP contribution in [-0.4, -0.2) is 29.2 Å². The number of hydrogen-bond donors (Lipinski definition) is 3. The minimum absolute atomic E-state index is 0.0372. The van der Waals surface area contributed by atoms with Crippen molar-refractivity contribution in [3.05, 3.63) is 44.4 Å². The summed E-state index contributed by atoms with van der Waals surface area (Å²) in [6.07, 6.45) is 1.81. The Labute approximate surface area is 152 Å². The van der Waals surface area contributed by atoms with Crippen LogP contribution < -0.4 is 20.8 Å². The lowest BCUT2D eigenvalue weighted by atomic mass is 9.86. The van der Waals surface area contributed by atoms with Gasteiger partial charge in [-0.25, -0.2) is 0 Å². The maximum absolute atomic E-state index is 11.8. The molecule has 126 valence electrons. The number of fused-ring (bicyclic) bond motifs is 1. The molecule has 0 spiro atoms. The molecular weight excluding hydrogens is 364 g/mol. The molecule has 24 heavy (non-hydrogen) atoms. The fourth-order valence-electron chi connectivity index (χ4n) is 2.64. The number of rotatable bonds is 4. The van der Waals surface area contributed by atoms with Gasteiger partial charge in [0.15, 0.2) is 5.11 Å². The Bertz CT molecular complexity index is 813. The van der Waals surface area contributed by atoms with Gasteiger partial charge >= 0.3 is 4.87 Å². The van der Waals surface area contributed by atoms with E-state index in [1.165, 1.54) is 11.3 Å². The van der Waals surface area contributed by atoms with Crippen molar-refractivity contribution >= 4 is 46.6 Å². The Hall–Kier alpha value is -1.84. The summed E-state index contributed by atoms with van der Waals surface area (Å²) in [7, 11) is 1.64.